The van der Waals surface area contributed by atoms with Gasteiger partial charge in [-0.15, -0.1) is 0 Å². The Labute approximate surface area is 128 Å². The van der Waals surface area contributed by atoms with Crippen molar-refractivity contribution in [2.24, 2.45) is 0 Å². The van der Waals surface area contributed by atoms with Gasteiger partial charge in [0.25, 0.3) is 5.91 Å². The lowest BCUT2D eigenvalue weighted by Gasteiger charge is -2.21. The van der Waals surface area contributed by atoms with Crippen LogP contribution in [0.4, 0.5) is 5.69 Å². The predicted octanol–water partition coefficient (Wildman–Crippen LogP) is 2.17. The third kappa shape index (κ3) is 4.02. The van der Waals surface area contributed by atoms with Crippen LogP contribution in [0, 0.1) is 0 Å². The molecule has 0 fully saturated rings. The number of nitrogens with one attached hydrogen (secondary N) is 1. The largest absolute Gasteiger partial charge is 0.399 e. The average Bonchev–Trinajstić information content (AvgIpc) is 2.39. The summed E-state index contributed by atoms with van der Waals surface area (Å²) in [5.41, 5.74) is 6.20. The van der Waals surface area contributed by atoms with E-state index in [4.69, 9.17) is 28.9 Å². The number of nitrogen functional groups attached to an aromatic ring is 1. The third-order valence-corrected chi connectivity index (χ3v) is 3.46. The molecule has 0 saturated heterocycles. The molecule has 110 valence electrons. The predicted molar refractivity (Wildman–Crippen MR) is 81.1 cm³/mol. The summed E-state index contributed by atoms with van der Waals surface area (Å²) in [6.07, 6.45) is 0. The molecule has 0 heterocycles. The molecular formula is C13H17Cl2N3O2. The lowest BCUT2D eigenvalue weighted by molar-refractivity contribution is -0.121. The van der Waals surface area contributed by atoms with Gasteiger partial charge >= 0.3 is 0 Å². The molecule has 0 bridgehead atoms. The number of benzene rings is 1. The van der Waals surface area contributed by atoms with Gasteiger partial charge in [0.2, 0.25) is 5.91 Å². The fourth-order valence-corrected chi connectivity index (χ4v) is 2.11. The minimum absolute atomic E-state index is 0.0358. The molecule has 1 aromatic rings. The second-order valence-electron chi connectivity index (χ2n) is 4.14. The molecule has 0 aliphatic rings. The molecule has 1 aromatic carbocycles. The van der Waals surface area contributed by atoms with E-state index >= 15 is 0 Å². The highest BCUT2D eigenvalue weighted by molar-refractivity contribution is 6.44. The normalized spacial score (nSPS) is 10.2. The van der Waals surface area contributed by atoms with Crippen molar-refractivity contribution in [3.63, 3.8) is 0 Å². The summed E-state index contributed by atoms with van der Waals surface area (Å²) in [7, 11) is 0. The lowest BCUT2D eigenvalue weighted by Crippen LogP contribution is -2.40. The van der Waals surface area contributed by atoms with Crippen LogP contribution in [0.15, 0.2) is 12.1 Å². The van der Waals surface area contributed by atoms with Gasteiger partial charge in [0.15, 0.2) is 0 Å². The summed E-state index contributed by atoms with van der Waals surface area (Å²) >= 11 is 11.9. The van der Waals surface area contributed by atoms with Crippen LogP contribution in [0.5, 0.6) is 0 Å². The fraction of sp³-hybridized carbons (Fsp3) is 0.385. The van der Waals surface area contributed by atoms with Gasteiger partial charge in [0.1, 0.15) is 0 Å². The molecule has 0 saturated carbocycles. The number of hydrogen-bond donors (Lipinski definition) is 2. The van der Waals surface area contributed by atoms with Crippen LogP contribution >= 0.6 is 23.2 Å². The molecule has 0 aliphatic carbocycles. The highest BCUT2D eigenvalue weighted by atomic mass is 35.5. The Morgan fingerprint density at radius 2 is 1.95 bits per heavy atom. The Balaban J connectivity index is 3.00. The van der Waals surface area contributed by atoms with E-state index in [1.165, 1.54) is 17.0 Å². The topological polar surface area (TPSA) is 75.4 Å². The van der Waals surface area contributed by atoms with E-state index in [1.807, 2.05) is 6.92 Å². The smallest absolute Gasteiger partial charge is 0.255 e. The Morgan fingerprint density at radius 3 is 2.50 bits per heavy atom. The average molecular weight is 318 g/mol. The SMILES string of the molecule is CCNC(=O)CN(CC)C(=O)c1cc(N)cc(Cl)c1Cl. The molecule has 5 nitrogen and oxygen atoms in total. The van der Waals surface area contributed by atoms with Crippen molar-refractivity contribution in [1.29, 1.82) is 0 Å². The number of rotatable bonds is 5. The Hall–Kier alpha value is -1.46. The first-order valence-corrected chi connectivity index (χ1v) is 6.96. The summed E-state index contributed by atoms with van der Waals surface area (Å²) in [5.74, 6) is -0.605. The van der Waals surface area contributed by atoms with Crippen molar-refractivity contribution in [2.75, 3.05) is 25.4 Å². The van der Waals surface area contributed by atoms with E-state index in [1.54, 1.807) is 6.92 Å². The Bertz CT molecular complexity index is 521. The van der Waals surface area contributed by atoms with E-state index < -0.39 is 0 Å². The van der Waals surface area contributed by atoms with Gasteiger partial charge in [-0.2, -0.15) is 0 Å². The third-order valence-electron chi connectivity index (χ3n) is 2.66. The van der Waals surface area contributed by atoms with E-state index in [9.17, 15) is 9.59 Å². The Morgan fingerprint density at radius 1 is 1.30 bits per heavy atom. The highest BCUT2D eigenvalue weighted by Gasteiger charge is 2.21. The van der Waals surface area contributed by atoms with Gasteiger partial charge in [0.05, 0.1) is 22.2 Å². The van der Waals surface area contributed by atoms with Crippen molar-refractivity contribution in [2.45, 2.75) is 13.8 Å². The molecule has 7 heteroatoms. The van der Waals surface area contributed by atoms with Gasteiger partial charge < -0.3 is 16.0 Å². The van der Waals surface area contributed by atoms with E-state index in [0.717, 1.165) is 0 Å². The first-order chi connectivity index (χ1) is 9.40. The summed E-state index contributed by atoms with van der Waals surface area (Å²) in [5, 5.41) is 2.99. The molecule has 0 unspecified atom stereocenters. The van der Waals surface area contributed by atoms with Crippen molar-refractivity contribution in [1.82, 2.24) is 10.2 Å². The number of likely N-dealkylation sites (N-methyl/N-ethyl adjacent to an activating group) is 2. The number of hydrogen-bond acceptors (Lipinski definition) is 3. The monoisotopic (exact) mass is 317 g/mol. The van der Waals surface area contributed by atoms with Crippen LogP contribution in [0.25, 0.3) is 0 Å². The summed E-state index contributed by atoms with van der Waals surface area (Å²) in [4.78, 5) is 25.3. The standard InChI is InChI=1S/C13H17Cl2N3O2/c1-3-17-11(19)7-18(4-2)13(20)9-5-8(16)6-10(14)12(9)15/h5-6H,3-4,7,16H2,1-2H3,(H,17,19). The van der Waals surface area contributed by atoms with Gasteiger partial charge in [-0.05, 0) is 26.0 Å². The number of carbonyl (C=O) groups is 2. The van der Waals surface area contributed by atoms with E-state index in [-0.39, 0.29) is 34.0 Å². The van der Waals surface area contributed by atoms with Crippen molar-refractivity contribution in [3.05, 3.63) is 27.7 Å². The van der Waals surface area contributed by atoms with Gasteiger partial charge in [-0.1, -0.05) is 23.2 Å². The van der Waals surface area contributed by atoms with Gasteiger partial charge in [-0.3, -0.25) is 9.59 Å². The number of anilines is 1. The zero-order valence-corrected chi connectivity index (χ0v) is 12.9. The molecule has 20 heavy (non-hydrogen) atoms. The first-order valence-electron chi connectivity index (χ1n) is 6.21. The zero-order valence-electron chi connectivity index (χ0n) is 11.4. The maximum Gasteiger partial charge on any atom is 0.255 e. The first kappa shape index (κ1) is 16.6. The van der Waals surface area contributed by atoms with E-state index in [2.05, 4.69) is 5.32 Å². The Kier molecular flexibility index (Phi) is 6.10. The molecule has 0 atom stereocenters. The van der Waals surface area contributed by atoms with E-state index in [0.29, 0.717) is 18.8 Å². The molecule has 0 spiro atoms. The minimum atomic E-state index is -0.377. The molecule has 3 N–H and O–H groups in total. The van der Waals surface area contributed by atoms with Crippen molar-refractivity contribution >= 4 is 40.7 Å². The highest BCUT2D eigenvalue weighted by Crippen LogP contribution is 2.29. The maximum atomic E-state index is 12.4. The van der Waals surface area contributed by atoms with Gasteiger partial charge in [0, 0.05) is 18.8 Å². The van der Waals surface area contributed by atoms with Crippen LogP contribution in [0.1, 0.15) is 24.2 Å². The molecule has 1 rings (SSSR count). The van der Waals surface area contributed by atoms with Crippen LogP contribution in [-0.4, -0.2) is 36.3 Å². The number of halogens is 2. The van der Waals surface area contributed by atoms with Crippen molar-refractivity contribution in [3.8, 4) is 0 Å². The molecule has 2 amide bonds. The molecule has 0 aliphatic heterocycles. The van der Waals surface area contributed by atoms with Crippen LogP contribution in [0.3, 0.4) is 0 Å². The number of amides is 2. The lowest BCUT2D eigenvalue weighted by atomic mass is 10.1. The summed E-state index contributed by atoms with van der Waals surface area (Å²) in [6.45, 7) is 4.43. The van der Waals surface area contributed by atoms with Crippen molar-refractivity contribution < 1.29 is 9.59 Å². The fourth-order valence-electron chi connectivity index (χ4n) is 1.69. The maximum absolute atomic E-state index is 12.4. The summed E-state index contributed by atoms with van der Waals surface area (Å²) in [6, 6.07) is 2.93. The van der Waals surface area contributed by atoms with Crippen LogP contribution in [-0.2, 0) is 4.79 Å². The second kappa shape index (κ2) is 7.36. The number of carbonyl (C=O) groups excluding carboxylic acids is 2. The number of nitrogens with zero attached hydrogens (tertiary/aromatic N) is 1. The van der Waals surface area contributed by atoms with Gasteiger partial charge in [-0.25, -0.2) is 0 Å². The molecule has 0 radical (unpaired) electrons. The quantitative estimate of drug-likeness (QED) is 0.817. The van der Waals surface area contributed by atoms with Crippen LogP contribution in [0.2, 0.25) is 10.0 Å². The second-order valence-corrected chi connectivity index (χ2v) is 4.92. The minimum Gasteiger partial charge on any atom is -0.399 e. The molecule has 0 aromatic heterocycles. The molecular weight excluding hydrogens is 301 g/mol. The summed E-state index contributed by atoms with van der Waals surface area (Å²) < 4.78 is 0. The van der Waals surface area contributed by atoms with Crippen LogP contribution < -0.4 is 11.1 Å². The number of nitrogens with two attached hydrogens (primary N) is 1. The zero-order chi connectivity index (χ0) is 15.3.